The van der Waals surface area contributed by atoms with Gasteiger partial charge < -0.3 is 16.4 Å². The van der Waals surface area contributed by atoms with E-state index in [9.17, 15) is 0 Å². The van der Waals surface area contributed by atoms with Gasteiger partial charge >= 0.3 is 0 Å². The van der Waals surface area contributed by atoms with E-state index in [0.29, 0.717) is 17.3 Å². The molecule has 0 saturated carbocycles. The normalized spacial score (nSPS) is 9.08. The van der Waals surface area contributed by atoms with E-state index in [1.54, 1.807) is 7.05 Å². The predicted octanol–water partition coefficient (Wildman–Crippen LogP) is 0.656. The third-order valence-electron chi connectivity index (χ3n) is 1.36. The molecule has 4 N–H and O–H groups in total. The first kappa shape index (κ1) is 8.32. The Hall–Kier alpha value is -1.78. The van der Waals surface area contributed by atoms with Crippen LogP contribution in [0.1, 0.15) is 0 Å². The maximum Gasteiger partial charge on any atom is 0.158 e. The number of nitrogens with one attached hydrogen (secondary N) is 2. The zero-order chi connectivity index (χ0) is 8.97. The quantitative estimate of drug-likeness (QED) is 0.613. The molecule has 5 nitrogen and oxygen atoms in total. The molecule has 0 spiro atoms. The molecular weight excluding hydrogens is 154 g/mol. The van der Waals surface area contributed by atoms with Crippen LogP contribution >= 0.6 is 0 Å². The molecule has 5 heteroatoms. The van der Waals surface area contributed by atoms with E-state index >= 15 is 0 Å². The van der Waals surface area contributed by atoms with E-state index < -0.39 is 0 Å². The van der Waals surface area contributed by atoms with Gasteiger partial charge in [0.05, 0.1) is 0 Å². The lowest BCUT2D eigenvalue weighted by atomic mass is 10.4. The number of nitrogens with zero attached hydrogens (tertiary/aromatic N) is 2. The molecule has 0 saturated heterocycles. The van der Waals surface area contributed by atoms with Crippen LogP contribution in [-0.2, 0) is 0 Å². The summed E-state index contributed by atoms with van der Waals surface area (Å²) in [4.78, 5) is 7.84. The van der Waals surface area contributed by atoms with Crippen LogP contribution in [0.5, 0.6) is 0 Å². The van der Waals surface area contributed by atoms with Crippen molar-refractivity contribution in [1.29, 1.82) is 0 Å². The van der Waals surface area contributed by atoms with Gasteiger partial charge in [0.2, 0.25) is 0 Å². The van der Waals surface area contributed by atoms with Crippen molar-refractivity contribution in [2.24, 2.45) is 0 Å². The molecule has 0 aromatic carbocycles. The van der Waals surface area contributed by atoms with Crippen molar-refractivity contribution in [2.45, 2.75) is 0 Å². The van der Waals surface area contributed by atoms with E-state index in [2.05, 4.69) is 27.2 Å². The van der Waals surface area contributed by atoms with Crippen molar-refractivity contribution in [2.75, 3.05) is 23.4 Å². The third-order valence-corrected chi connectivity index (χ3v) is 1.36. The van der Waals surface area contributed by atoms with Crippen LogP contribution in [-0.4, -0.2) is 17.0 Å². The van der Waals surface area contributed by atoms with Gasteiger partial charge in [-0.05, 0) is 6.20 Å². The van der Waals surface area contributed by atoms with Gasteiger partial charge in [-0.1, -0.05) is 6.58 Å². The van der Waals surface area contributed by atoms with Crippen molar-refractivity contribution in [3.05, 3.63) is 19.1 Å². The lowest BCUT2D eigenvalue weighted by Crippen LogP contribution is -2.04. The summed E-state index contributed by atoms with van der Waals surface area (Å²) in [6.45, 7) is 3.51. The molecule has 12 heavy (non-hydrogen) atoms. The number of nitrogen functional groups attached to an aromatic ring is 1. The molecule has 1 heterocycles. The van der Waals surface area contributed by atoms with Crippen molar-refractivity contribution >= 4 is 17.3 Å². The number of hydrogen-bond acceptors (Lipinski definition) is 5. The van der Waals surface area contributed by atoms with Crippen molar-refractivity contribution < 1.29 is 0 Å². The van der Waals surface area contributed by atoms with Crippen LogP contribution < -0.4 is 16.4 Å². The summed E-state index contributed by atoms with van der Waals surface area (Å²) in [7, 11) is 1.75. The number of nitrogens with two attached hydrogens (primary N) is 1. The second-order valence-electron chi connectivity index (χ2n) is 2.08. The second kappa shape index (κ2) is 3.56. The van der Waals surface area contributed by atoms with Crippen LogP contribution in [0.15, 0.2) is 19.1 Å². The zero-order valence-corrected chi connectivity index (χ0v) is 6.83. The van der Waals surface area contributed by atoms with Gasteiger partial charge in [-0.25, -0.2) is 9.97 Å². The highest BCUT2D eigenvalue weighted by molar-refractivity contribution is 5.74. The lowest BCUT2D eigenvalue weighted by molar-refractivity contribution is 1.16. The summed E-state index contributed by atoms with van der Waals surface area (Å²) in [5.74, 6) is 1.17. The Morgan fingerprint density at radius 2 is 2.17 bits per heavy atom. The average Bonchev–Trinajstić information content (AvgIpc) is 2.09. The molecule has 0 atom stereocenters. The number of anilines is 3. The maximum atomic E-state index is 5.68. The van der Waals surface area contributed by atoms with Crippen LogP contribution in [0.2, 0.25) is 0 Å². The Balaban J connectivity index is 3.04. The predicted molar refractivity (Wildman–Crippen MR) is 49.8 cm³/mol. The highest BCUT2D eigenvalue weighted by Gasteiger charge is 2.03. The lowest BCUT2D eigenvalue weighted by Gasteiger charge is -2.06. The fourth-order valence-electron chi connectivity index (χ4n) is 0.806. The highest BCUT2D eigenvalue weighted by atomic mass is 15.1. The molecule has 0 bridgehead atoms. The Morgan fingerprint density at radius 3 is 2.75 bits per heavy atom. The van der Waals surface area contributed by atoms with Gasteiger partial charge in [0.25, 0.3) is 0 Å². The van der Waals surface area contributed by atoms with E-state index in [-0.39, 0.29) is 0 Å². The summed E-state index contributed by atoms with van der Waals surface area (Å²) in [5.41, 5.74) is 6.17. The highest BCUT2D eigenvalue weighted by Crippen LogP contribution is 2.21. The fourth-order valence-corrected chi connectivity index (χ4v) is 0.806. The van der Waals surface area contributed by atoms with Gasteiger partial charge in [0.15, 0.2) is 11.6 Å². The van der Waals surface area contributed by atoms with E-state index in [0.717, 1.165) is 0 Å². The average molecular weight is 165 g/mol. The van der Waals surface area contributed by atoms with Crippen molar-refractivity contribution in [3.8, 4) is 0 Å². The molecule has 0 amide bonds. The number of rotatable bonds is 3. The van der Waals surface area contributed by atoms with E-state index in [1.807, 2.05) is 0 Å². The first-order valence-electron chi connectivity index (χ1n) is 3.45. The van der Waals surface area contributed by atoms with Gasteiger partial charge in [-0.2, -0.15) is 0 Å². The third kappa shape index (κ3) is 1.45. The smallest absolute Gasteiger partial charge is 0.158 e. The summed E-state index contributed by atoms with van der Waals surface area (Å²) >= 11 is 0. The Morgan fingerprint density at radius 1 is 1.50 bits per heavy atom. The summed E-state index contributed by atoms with van der Waals surface area (Å²) in [6.07, 6.45) is 2.94. The largest absolute Gasteiger partial charge is 0.393 e. The molecule has 0 aliphatic heterocycles. The minimum Gasteiger partial charge on any atom is -0.393 e. The van der Waals surface area contributed by atoms with Crippen molar-refractivity contribution in [3.63, 3.8) is 0 Å². The molecule has 0 aliphatic carbocycles. The van der Waals surface area contributed by atoms with E-state index in [1.165, 1.54) is 12.5 Å². The van der Waals surface area contributed by atoms with Gasteiger partial charge in [0, 0.05) is 7.05 Å². The molecule has 1 rings (SSSR count). The molecule has 0 aliphatic rings. The molecule has 0 radical (unpaired) electrons. The maximum absolute atomic E-state index is 5.68. The number of aromatic nitrogens is 2. The second-order valence-corrected chi connectivity index (χ2v) is 2.08. The Labute approximate surface area is 70.7 Å². The molecule has 0 fully saturated rings. The van der Waals surface area contributed by atoms with Gasteiger partial charge in [-0.3, -0.25) is 0 Å². The van der Waals surface area contributed by atoms with Crippen LogP contribution in [0.25, 0.3) is 0 Å². The topological polar surface area (TPSA) is 75.9 Å². The van der Waals surface area contributed by atoms with Crippen LogP contribution in [0.4, 0.5) is 17.3 Å². The zero-order valence-electron chi connectivity index (χ0n) is 6.83. The minimum absolute atomic E-state index is 0.486. The molecule has 1 aromatic rings. The standard InChI is InChI=1S/C7H11N5/c1-3-10-7-5(8)6(9-2)11-4-12-7/h3-4H,1,8H2,2H3,(H2,9,10,11,12). The SMILES string of the molecule is C=CNc1ncnc(NC)c1N. The van der Waals surface area contributed by atoms with Crippen LogP contribution in [0, 0.1) is 0 Å². The first-order chi connectivity index (χ1) is 5.79. The monoisotopic (exact) mass is 165 g/mol. The first-order valence-corrected chi connectivity index (χ1v) is 3.45. The molecule has 0 unspecified atom stereocenters. The van der Waals surface area contributed by atoms with Crippen LogP contribution in [0.3, 0.4) is 0 Å². The fraction of sp³-hybridized carbons (Fsp3) is 0.143. The number of hydrogen-bond donors (Lipinski definition) is 3. The van der Waals surface area contributed by atoms with E-state index in [4.69, 9.17) is 5.73 Å². The Kier molecular flexibility index (Phi) is 2.47. The van der Waals surface area contributed by atoms with Gasteiger partial charge in [0.1, 0.15) is 12.0 Å². The minimum atomic E-state index is 0.486. The summed E-state index contributed by atoms with van der Waals surface area (Å²) < 4.78 is 0. The summed E-state index contributed by atoms with van der Waals surface area (Å²) in [5, 5.41) is 5.64. The summed E-state index contributed by atoms with van der Waals surface area (Å²) in [6, 6.07) is 0. The van der Waals surface area contributed by atoms with Crippen molar-refractivity contribution in [1.82, 2.24) is 9.97 Å². The molecule has 1 aromatic heterocycles. The molecule has 64 valence electrons. The van der Waals surface area contributed by atoms with Gasteiger partial charge in [-0.15, -0.1) is 0 Å². The molecular formula is C7H11N5. The Bertz CT molecular complexity index is 283.